The Labute approximate surface area is 462 Å². The van der Waals surface area contributed by atoms with Gasteiger partial charge in [-0.2, -0.15) is 15.6 Å². The van der Waals surface area contributed by atoms with E-state index in [2.05, 4.69) is 102 Å². The lowest BCUT2D eigenvalue weighted by Gasteiger charge is -2.45. The number of amides is 1. The number of benzene rings is 2. The zero-order valence-corrected chi connectivity index (χ0v) is 46.7. The number of carboxylic acids is 1. The fraction of sp³-hybridized carbons (Fsp3) is 0.455. The molecule has 0 unspecified atom stereocenters. The Bertz CT molecular complexity index is 2910. The third-order valence-corrected chi connectivity index (χ3v) is 12.4. The van der Waals surface area contributed by atoms with Gasteiger partial charge in [-0.3, -0.25) is 18.9 Å². The molecule has 8 N–H and O–H groups in total. The number of hydrogen-bond donors (Lipinski definition) is 6. The second-order valence-electron chi connectivity index (χ2n) is 20.7. The summed E-state index contributed by atoms with van der Waals surface area (Å²) in [5.74, 6) is -0.624. The molecule has 1 amide bonds. The number of halogens is 3. The number of alkyl halides is 1. The van der Waals surface area contributed by atoms with Gasteiger partial charge in [0.25, 0.3) is 5.91 Å². The molecule has 0 radical (unpaired) electrons. The van der Waals surface area contributed by atoms with Gasteiger partial charge in [-0.1, -0.05) is 61.3 Å². The number of carbonyl (C=O) groups is 2. The molecule has 5 heterocycles. The molecule has 0 spiro atoms. The number of nitrogens with one attached hydrogen (secondary N) is 3. The summed E-state index contributed by atoms with van der Waals surface area (Å²) in [7, 11) is -1.00. The van der Waals surface area contributed by atoms with Crippen LogP contribution in [0.1, 0.15) is 136 Å². The standard InChI is InChI=1S/C27H34ClN7O2.C23H26ClN5O3.C4H8N2.CH3F/c1-6-19(13-29)33-24(36)18-9-7-17(8-10-18)23-22(28)16-32-25(35-23)34-21(14-30)15-31-20-11-26(2,3)37-27(4,5)12-20;1-22(2)9-17(10-23(3,4)32-22)29-13-16(11-26-29)27-21-25-12-18(24)19(28-21)14-5-7-15(8-6-14)20(30)31;1-2-4(6)3-5;1-2/h7-10,14-16,19-20H,6,11-12,30H2,1-5H3,(H,33,36)(H,32,34,35);5-8,11-13,17H,9-10H2,1-4H3,(H,30,31)(H,25,27,28);4H,2,6H2,1H3;1H3/t19-;;4-;/m0.0./s1/i;;;1D. The third kappa shape index (κ3) is 19.2. The second-order valence-corrected chi connectivity index (χ2v) is 21.5. The van der Waals surface area contributed by atoms with Crippen molar-refractivity contribution < 1.29 is 29.9 Å². The fourth-order valence-electron chi connectivity index (χ4n) is 8.90. The summed E-state index contributed by atoms with van der Waals surface area (Å²) in [5.41, 5.74) is 14.3. The van der Waals surface area contributed by atoms with Crippen molar-refractivity contribution in [2.24, 2.45) is 16.5 Å². The van der Waals surface area contributed by atoms with E-state index >= 15 is 0 Å². The fourth-order valence-corrected chi connectivity index (χ4v) is 9.30. The van der Waals surface area contributed by atoms with Gasteiger partial charge in [0.15, 0.2) is 0 Å². The molecule has 2 fully saturated rings. The van der Waals surface area contributed by atoms with E-state index < -0.39 is 19.2 Å². The van der Waals surface area contributed by atoms with Gasteiger partial charge in [0, 0.05) is 35.3 Å². The van der Waals surface area contributed by atoms with Gasteiger partial charge < -0.3 is 42.0 Å². The Kier molecular flexibility index (Phi) is 22.0. The summed E-state index contributed by atoms with van der Waals surface area (Å²) in [4.78, 5) is 45.8. The quantitative estimate of drug-likeness (QED) is 0.0563. The van der Waals surface area contributed by atoms with Crippen LogP contribution in [0.3, 0.4) is 0 Å². The van der Waals surface area contributed by atoms with Crippen LogP contribution in [-0.4, -0.2) is 101 Å². The molecule has 77 heavy (non-hydrogen) atoms. The van der Waals surface area contributed by atoms with Gasteiger partial charge >= 0.3 is 5.97 Å². The summed E-state index contributed by atoms with van der Waals surface area (Å²) in [6.07, 6.45) is 14.4. The number of hydrogen-bond acceptors (Lipinski definition) is 16. The molecule has 2 atom stereocenters. The van der Waals surface area contributed by atoms with Gasteiger partial charge in [0.05, 0.1) is 118 Å². The Hall–Kier alpha value is -7.07. The van der Waals surface area contributed by atoms with Crippen LogP contribution in [0.15, 0.2) is 90.2 Å². The number of anilines is 3. The van der Waals surface area contributed by atoms with Gasteiger partial charge in [-0.25, -0.2) is 24.7 Å². The normalized spacial score (nSPS) is 17.4. The average Bonchev–Trinajstić information content (AvgIpc) is 3.85. The molecule has 412 valence electrons. The molecular formula is C55H71Cl2FN14O5. The van der Waals surface area contributed by atoms with Crippen LogP contribution < -0.4 is 27.4 Å². The average molecular weight is 1100 g/mol. The van der Waals surface area contributed by atoms with Crippen molar-refractivity contribution in [3.8, 4) is 34.7 Å². The number of aliphatic imine (C=N–C) groups is 1. The predicted octanol–water partition coefficient (Wildman–Crippen LogP) is 11.0. The lowest BCUT2D eigenvalue weighted by molar-refractivity contribution is -0.170. The van der Waals surface area contributed by atoms with Gasteiger partial charge in [0.1, 0.15) is 6.04 Å². The molecule has 0 saturated carbocycles. The Morgan fingerprint density at radius 1 is 0.844 bits per heavy atom. The summed E-state index contributed by atoms with van der Waals surface area (Å²) in [5, 5.41) is 40.4. The number of carbonyl (C=O) groups excluding carboxylic acids is 1. The molecule has 7 rings (SSSR count). The van der Waals surface area contributed by atoms with E-state index in [9.17, 15) is 14.0 Å². The number of aromatic nitrogens is 6. The van der Waals surface area contributed by atoms with Crippen molar-refractivity contribution in [2.75, 3.05) is 17.8 Å². The van der Waals surface area contributed by atoms with Crippen LogP contribution >= 0.6 is 23.2 Å². The molecule has 5 aromatic rings. The Morgan fingerprint density at radius 3 is 1.79 bits per heavy atom. The summed E-state index contributed by atoms with van der Waals surface area (Å²) in [6, 6.07) is 16.7. The van der Waals surface area contributed by atoms with Crippen molar-refractivity contribution in [1.29, 1.82) is 10.5 Å². The number of nitriles is 2. The van der Waals surface area contributed by atoms with Crippen LogP contribution in [0.2, 0.25) is 10.0 Å². The second kappa shape index (κ2) is 27.8. The maximum Gasteiger partial charge on any atom is 0.335 e. The largest absolute Gasteiger partial charge is 0.478 e. The Balaban J connectivity index is 0.000000293. The maximum absolute atomic E-state index is 12.4. The van der Waals surface area contributed by atoms with Crippen molar-refractivity contribution >= 4 is 58.9 Å². The lowest BCUT2D eigenvalue weighted by atomic mass is 9.85. The van der Waals surface area contributed by atoms with E-state index in [1.807, 2.05) is 30.8 Å². The molecule has 2 aliphatic rings. The highest BCUT2D eigenvalue weighted by molar-refractivity contribution is 6.33. The predicted molar refractivity (Wildman–Crippen MR) is 300 cm³/mol. The topological polar surface area (TPSA) is 290 Å². The first-order valence-electron chi connectivity index (χ1n) is 25.5. The van der Waals surface area contributed by atoms with E-state index in [1.165, 1.54) is 30.7 Å². The first-order chi connectivity index (χ1) is 36.7. The van der Waals surface area contributed by atoms with Crippen LogP contribution in [0.4, 0.5) is 22.0 Å². The van der Waals surface area contributed by atoms with Crippen molar-refractivity contribution in [3.05, 3.63) is 106 Å². The van der Waals surface area contributed by atoms with Crippen LogP contribution in [0.5, 0.6) is 0 Å². The number of aromatic carboxylic acids is 1. The zero-order valence-electron chi connectivity index (χ0n) is 46.2. The smallest absolute Gasteiger partial charge is 0.335 e. The number of ether oxygens (including phenoxy) is 2. The third-order valence-electron chi connectivity index (χ3n) is 11.9. The molecule has 2 aliphatic heterocycles. The van der Waals surface area contributed by atoms with Gasteiger partial charge in [0.2, 0.25) is 11.9 Å². The lowest BCUT2D eigenvalue weighted by Crippen LogP contribution is -2.46. The molecule has 3 aromatic heterocycles. The van der Waals surface area contributed by atoms with E-state index in [0.29, 0.717) is 62.1 Å². The van der Waals surface area contributed by atoms with Crippen molar-refractivity contribution in [1.82, 2.24) is 35.0 Å². The highest BCUT2D eigenvalue weighted by Gasteiger charge is 2.41. The highest BCUT2D eigenvalue weighted by atomic mass is 35.5. The van der Waals surface area contributed by atoms with E-state index in [-0.39, 0.29) is 52.0 Å². The zero-order chi connectivity index (χ0) is 58.0. The number of rotatable bonds is 14. The number of nitrogens with zero attached hydrogens (tertiary/aromatic N) is 9. The molecule has 0 aliphatic carbocycles. The molecule has 19 nitrogen and oxygen atoms in total. The first-order valence-corrected chi connectivity index (χ1v) is 25.6. The minimum atomic E-state index is -1.00. The Morgan fingerprint density at radius 2 is 1.34 bits per heavy atom. The maximum atomic E-state index is 12.4. The van der Waals surface area contributed by atoms with E-state index in [4.69, 9.17) is 66.1 Å². The molecule has 2 saturated heterocycles. The molecule has 22 heteroatoms. The minimum absolute atomic E-state index is 0.0914. The monoisotopic (exact) mass is 1100 g/mol. The summed E-state index contributed by atoms with van der Waals surface area (Å²) < 4.78 is 29.8. The van der Waals surface area contributed by atoms with Gasteiger partial charge in [-0.15, -0.1) is 0 Å². The number of nitrogens with two attached hydrogens (primary N) is 2. The number of allylic oxidation sites excluding steroid dienone is 1. The SMILES string of the molecule is CC1(C)CC(n2cc(Nc3ncc(Cl)c(-c4ccc(C(=O)O)cc4)n3)cn2)CC(C)(C)O1.CC[C@@H](C#N)NC(=O)c1ccc(-c2nc(NC(C=NC3CC(C)(C)OC(C)(C)C3)=CN)ncc2Cl)cc1.CC[C@H](N)C#N.[2H]CF. The van der Waals surface area contributed by atoms with Crippen molar-refractivity contribution in [3.63, 3.8) is 0 Å². The first kappa shape index (κ1) is 60.8. The van der Waals surface area contributed by atoms with Gasteiger partial charge in [-0.05, 0) is 118 Å². The van der Waals surface area contributed by atoms with Crippen LogP contribution in [0.25, 0.3) is 22.5 Å². The van der Waals surface area contributed by atoms with E-state index in [1.54, 1.807) is 48.8 Å². The molecule has 2 aromatic carbocycles. The summed E-state index contributed by atoms with van der Waals surface area (Å²) in [6.45, 7) is 20.4. The number of carboxylic acid groups (broad SMARTS) is 1. The van der Waals surface area contributed by atoms with E-state index in [0.717, 1.165) is 37.8 Å². The summed E-state index contributed by atoms with van der Waals surface area (Å²) >= 11 is 12.7. The van der Waals surface area contributed by atoms with Crippen LogP contribution in [0, 0.1) is 22.7 Å². The van der Waals surface area contributed by atoms with Crippen molar-refractivity contribution in [2.45, 2.75) is 154 Å². The van der Waals surface area contributed by atoms with Crippen LogP contribution in [-0.2, 0) is 9.47 Å². The highest BCUT2D eigenvalue weighted by Crippen LogP contribution is 2.41. The molecule has 0 bridgehead atoms. The minimum Gasteiger partial charge on any atom is -0.478 e. The molecular weight excluding hydrogens is 1030 g/mol.